The number of nitrogens with one attached hydrogen (secondary N) is 3. The maximum atomic E-state index is 12.3. The van der Waals surface area contributed by atoms with Gasteiger partial charge in [-0.1, -0.05) is 30.3 Å². The lowest BCUT2D eigenvalue weighted by atomic mass is 10.1. The molecule has 0 bridgehead atoms. The molecule has 144 valence electrons. The molecular formula is C21H26ClN3O2. The molecule has 0 radical (unpaired) electrons. The van der Waals surface area contributed by atoms with Crippen molar-refractivity contribution >= 4 is 29.9 Å². The summed E-state index contributed by atoms with van der Waals surface area (Å²) in [4.78, 5) is 24.3. The first-order valence-corrected chi connectivity index (χ1v) is 9.08. The van der Waals surface area contributed by atoms with Crippen LogP contribution in [0.25, 0.3) is 0 Å². The molecule has 27 heavy (non-hydrogen) atoms. The second-order valence-electron chi connectivity index (χ2n) is 6.81. The van der Waals surface area contributed by atoms with Crippen LogP contribution in [0.3, 0.4) is 0 Å². The highest BCUT2D eigenvalue weighted by Crippen LogP contribution is 2.27. The van der Waals surface area contributed by atoms with Crippen molar-refractivity contribution in [1.29, 1.82) is 0 Å². The highest BCUT2D eigenvalue weighted by molar-refractivity contribution is 6.04. The van der Waals surface area contributed by atoms with Gasteiger partial charge in [-0.2, -0.15) is 0 Å². The zero-order chi connectivity index (χ0) is 18.4. The Morgan fingerprint density at radius 1 is 1.07 bits per heavy atom. The summed E-state index contributed by atoms with van der Waals surface area (Å²) in [5, 5.41) is 9.08. The molecule has 0 saturated heterocycles. The lowest BCUT2D eigenvalue weighted by Gasteiger charge is -2.16. The maximum absolute atomic E-state index is 12.3. The van der Waals surface area contributed by atoms with E-state index < -0.39 is 0 Å². The van der Waals surface area contributed by atoms with E-state index in [0.717, 1.165) is 18.0 Å². The van der Waals surface area contributed by atoms with Crippen molar-refractivity contribution in [3.63, 3.8) is 0 Å². The Hall–Kier alpha value is -2.37. The summed E-state index contributed by atoms with van der Waals surface area (Å²) >= 11 is 0. The fraction of sp³-hybridized carbons (Fsp3) is 0.333. The molecule has 5 nitrogen and oxygen atoms in total. The summed E-state index contributed by atoms with van der Waals surface area (Å²) in [7, 11) is 0. The van der Waals surface area contributed by atoms with Gasteiger partial charge in [0.25, 0.3) is 5.91 Å². The molecule has 3 N–H and O–H groups in total. The molecule has 1 aliphatic rings. The van der Waals surface area contributed by atoms with Gasteiger partial charge < -0.3 is 16.0 Å². The minimum atomic E-state index is -0.149. The zero-order valence-corrected chi connectivity index (χ0v) is 16.2. The molecule has 1 unspecified atom stereocenters. The number of benzene rings is 2. The van der Waals surface area contributed by atoms with E-state index in [-0.39, 0.29) is 30.3 Å². The third-order valence-corrected chi connectivity index (χ3v) is 4.47. The van der Waals surface area contributed by atoms with Gasteiger partial charge in [0.05, 0.1) is 12.6 Å². The first-order chi connectivity index (χ1) is 12.6. The van der Waals surface area contributed by atoms with Crippen LogP contribution >= 0.6 is 12.4 Å². The summed E-state index contributed by atoms with van der Waals surface area (Å²) in [6, 6.07) is 16.5. The number of hydrogen-bond donors (Lipinski definition) is 3. The highest BCUT2D eigenvalue weighted by atomic mass is 35.5. The molecule has 3 rings (SSSR count). The van der Waals surface area contributed by atoms with E-state index in [4.69, 9.17) is 0 Å². The summed E-state index contributed by atoms with van der Waals surface area (Å²) < 4.78 is 0. The normalized spacial score (nSPS) is 14.0. The van der Waals surface area contributed by atoms with Crippen molar-refractivity contribution in [2.45, 2.75) is 25.8 Å². The van der Waals surface area contributed by atoms with Crippen LogP contribution in [0.4, 0.5) is 5.69 Å². The van der Waals surface area contributed by atoms with Gasteiger partial charge in [-0.05, 0) is 62.1 Å². The van der Waals surface area contributed by atoms with Crippen LogP contribution in [0, 0.1) is 5.92 Å². The van der Waals surface area contributed by atoms with E-state index in [1.807, 2.05) is 49.4 Å². The van der Waals surface area contributed by atoms with Gasteiger partial charge >= 0.3 is 0 Å². The second-order valence-corrected chi connectivity index (χ2v) is 6.81. The Balaban J connectivity index is 0.00000261. The number of rotatable bonds is 8. The monoisotopic (exact) mass is 387 g/mol. The molecule has 1 saturated carbocycles. The lowest BCUT2D eigenvalue weighted by molar-refractivity contribution is -0.120. The molecule has 0 aliphatic heterocycles. The van der Waals surface area contributed by atoms with Crippen molar-refractivity contribution in [1.82, 2.24) is 10.6 Å². The average molecular weight is 388 g/mol. The van der Waals surface area contributed by atoms with Crippen LogP contribution < -0.4 is 16.0 Å². The Bertz CT molecular complexity index is 763. The van der Waals surface area contributed by atoms with Gasteiger partial charge in [-0.3, -0.25) is 9.59 Å². The molecule has 2 aromatic carbocycles. The number of amides is 2. The molecule has 1 fully saturated rings. The summed E-state index contributed by atoms with van der Waals surface area (Å²) in [6.07, 6.45) is 2.54. The Morgan fingerprint density at radius 2 is 1.81 bits per heavy atom. The number of hydrogen-bond acceptors (Lipinski definition) is 3. The van der Waals surface area contributed by atoms with Gasteiger partial charge in [0, 0.05) is 11.3 Å². The third kappa shape index (κ3) is 6.70. The molecule has 2 amide bonds. The zero-order valence-electron chi connectivity index (χ0n) is 15.4. The molecular weight excluding hydrogens is 362 g/mol. The predicted octanol–water partition coefficient (Wildman–Crippen LogP) is 3.54. The fourth-order valence-corrected chi connectivity index (χ4v) is 2.77. The number of halogens is 1. The molecule has 2 aromatic rings. The average Bonchev–Trinajstić information content (AvgIpc) is 3.47. The van der Waals surface area contributed by atoms with Crippen LogP contribution in [-0.2, 0) is 4.79 Å². The van der Waals surface area contributed by atoms with E-state index in [2.05, 4.69) is 16.0 Å². The van der Waals surface area contributed by atoms with E-state index in [9.17, 15) is 9.59 Å². The van der Waals surface area contributed by atoms with Crippen LogP contribution in [0.2, 0.25) is 0 Å². The standard InChI is InChI=1S/C21H25N3O2.ClH/c1-15(23-20(25)14-22-13-16-10-11-16)18-8-5-9-19(12-18)24-21(26)17-6-3-2-4-7-17;/h2-9,12,15-16,22H,10-11,13-14H2,1H3,(H,23,25)(H,24,26);1H. The molecule has 1 atom stereocenters. The highest BCUT2D eigenvalue weighted by Gasteiger charge is 2.20. The molecule has 6 heteroatoms. The quantitative estimate of drug-likeness (QED) is 0.648. The first kappa shape index (κ1) is 20.9. The van der Waals surface area contributed by atoms with Crippen LogP contribution in [0.1, 0.15) is 41.7 Å². The smallest absolute Gasteiger partial charge is 0.255 e. The second kappa shape index (κ2) is 10.1. The first-order valence-electron chi connectivity index (χ1n) is 9.08. The van der Waals surface area contributed by atoms with Crippen LogP contribution in [0.15, 0.2) is 54.6 Å². The van der Waals surface area contributed by atoms with Crippen molar-refractivity contribution in [2.75, 3.05) is 18.4 Å². The van der Waals surface area contributed by atoms with Crippen LogP contribution in [-0.4, -0.2) is 24.9 Å². The third-order valence-electron chi connectivity index (χ3n) is 4.47. The van der Waals surface area contributed by atoms with Crippen molar-refractivity contribution in [3.05, 3.63) is 65.7 Å². The van der Waals surface area contributed by atoms with Crippen molar-refractivity contribution in [3.8, 4) is 0 Å². The predicted molar refractivity (Wildman–Crippen MR) is 110 cm³/mol. The summed E-state index contributed by atoms with van der Waals surface area (Å²) in [6.45, 7) is 3.20. The van der Waals surface area contributed by atoms with E-state index >= 15 is 0 Å². The minimum absolute atomic E-state index is 0. The molecule has 1 aliphatic carbocycles. The molecule has 0 heterocycles. The molecule has 0 aromatic heterocycles. The van der Waals surface area contributed by atoms with E-state index in [0.29, 0.717) is 17.8 Å². The Morgan fingerprint density at radius 3 is 2.52 bits per heavy atom. The number of carbonyl (C=O) groups excluding carboxylic acids is 2. The lowest BCUT2D eigenvalue weighted by Crippen LogP contribution is -2.36. The van der Waals surface area contributed by atoms with Gasteiger partial charge in [0.2, 0.25) is 5.91 Å². The molecule has 0 spiro atoms. The van der Waals surface area contributed by atoms with Crippen molar-refractivity contribution in [2.24, 2.45) is 5.92 Å². The largest absolute Gasteiger partial charge is 0.348 e. The van der Waals surface area contributed by atoms with Gasteiger partial charge in [-0.15, -0.1) is 12.4 Å². The number of anilines is 1. The maximum Gasteiger partial charge on any atom is 0.255 e. The van der Waals surface area contributed by atoms with E-state index in [1.165, 1.54) is 12.8 Å². The fourth-order valence-electron chi connectivity index (χ4n) is 2.77. The van der Waals surface area contributed by atoms with Crippen molar-refractivity contribution < 1.29 is 9.59 Å². The Labute approximate surface area is 166 Å². The minimum Gasteiger partial charge on any atom is -0.348 e. The van der Waals surface area contributed by atoms with Gasteiger partial charge in [0.1, 0.15) is 0 Å². The van der Waals surface area contributed by atoms with Gasteiger partial charge in [0.15, 0.2) is 0 Å². The number of carbonyl (C=O) groups is 2. The van der Waals surface area contributed by atoms with Crippen LogP contribution in [0.5, 0.6) is 0 Å². The summed E-state index contributed by atoms with van der Waals surface area (Å²) in [5.41, 5.74) is 2.27. The topological polar surface area (TPSA) is 70.2 Å². The van der Waals surface area contributed by atoms with E-state index in [1.54, 1.807) is 12.1 Å². The Kier molecular flexibility index (Phi) is 7.82. The SMILES string of the molecule is CC(NC(=O)CNCC1CC1)c1cccc(NC(=O)c2ccccc2)c1.Cl. The van der Waals surface area contributed by atoms with Gasteiger partial charge in [-0.25, -0.2) is 0 Å². The summed E-state index contributed by atoms with van der Waals surface area (Å²) in [5.74, 6) is 0.589.